The lowest BCUT2D eigenvalue weighted by Gasteiger charge is -2.12. The van der Waals surface area contributed by atoms with E-state index in [1.807, 2.05) is 48.9 Å². The van der Waals surface area contributed by atoms with Gasteiger partial charge in [0.05, 0.1) is 16.6 Å². The highest BCUT2D eigenvalue weighted by Gasteiger charge is 2.15. The highest BCUT2D eigenvalue weighted by atomic mass is 15.5. The molecule has 0 radical (unpaired) electrons. The van der Waals surface area contributed by atoms with Gasteiger partial charge in [0.25, 0.3) is 0 Å². The molecule has 0 N–H and O–H groups in total. The van der Waals surface area contributed by atoms with Crippen molar-refractivity contribution in [2.75, 3.05) is 0 Å². The topological polar surface area (TPSA) is 35.6 Å². The number of fused-ring (bicyclic) bond motifs is 3. The molecular weight excluding hydrogens is 296 g/mol. The van der Waals surface area contributed by atoms with Gasteiger partial charge < -0.3 is 0 Å². The molecule has 2 aromatic carbocycles. The van der Waals surface area contributed by atoms with Gasteiger partial charge in [-0.3, -0.25) is 4.98 Å². The first-order valence-corrected chi connectivity index (χ1v) is 7.87. The van der Waals surface area contributed by atoms with Crippen LogP contribution in [0.3, 0.4) is 0 Å². The Hall–Kier alpha value is -3.40. The molecule has 0 amide bonds. The molecule has 0 saturated heterocycles. The molecule has 0 bridgehead atoms. The summed E-state index contributed by atoms with van der Waals surface area (Å²) >= 11 is 0. The summed E-state index contributed by atoms with van der Waals surface area (Å²) in [5.41, 5.74) is 4.26. The molecule has 0 unspecified atom stereocenters. The Morgan fingerprint density at radius 3 is 2.38 bits per heavy atom. The Morgan fingerprint density at radius 2 is 1.46 bits per heavy atom. The van der Waals surface area contributed by atoms with Crippen molar-refractivity contribution in [1.29, 1.82) is 0 Å². The van der Waals surface area contributed by atoms with Gasteiger partial charge in [0, 0.05) is 29.5 Å². The van der Waals surface area contributed by atoms with Crippen molar-refractivity contribution in [3.05, 3.63) is 85.3 Å². The predicted molar refractivity (Wildman–Crippen MR) is 95.7 cm³/mol. The Labute approximate surface area is 138 Å². The van der Waals surface area contributed by atoms with Crippen LogP contribution < -0.4 is 0 Å². The van der Waals surface area contributed by atoms with Crippen LogP contribution >= 0.6 is 0 Å². The van der Waals surface area contributed by atoms with Gasteiger partial charge in [-0.2, -0.15) is 0 Å². The lowest BCUT2D eigenvalue weighted by atomic mass is 10.2. The fourth-order valence-electron chi connectivity index (χ4n) is 3.25. The number of para-hydroxylation sites is 1. The zero-order chi connectivity index (χ0) is 15.9. The lowest BCUT2D eigenvalue weighted by Crippen LogP contribution is -2.09. The SMILES string of the molecule is c1ccc(-c2nccn2-n2c3ccccc3c3ncccc32)cc1. The third-order valence-corrected chi connectivity index (χ3v) is 4.27. The van der Waals surface area contributed by atoms with Crippen LogP contribution in [0.1, 0.15) is 0 Å². The second kappa shape index (κ2) is 5.06. The fourth-order valence-corrected chi connectivity index (χ4v) is 3.25. The van der Waals surface area contributed by atoms with Crippen LogP contribution in [0.5, 0.6) is 0 Å². The molecule has 4 heteroatoms. The fraction of sp³-hybridized carbons (Fsp3) is 0. The molecule has 0 saturated carbocycles. The molecule has 5 aromatic rings. The third kappa shape index (κ3) is 1.80. The van der Waals surface area contributed by atoms with Gasteiger partial charge in [-0.15, -0.1) is 0 Å². The normalized spacial score (nSPS) is 11.3. The van der Waals surface area contributed by atoms with E-state index in [2.05, 4.69) is 55.7 Å². The van der Waals surface area contributed by atoms with E-state index in [1.165, 1.54) is 0 Å². The summed E-state index contributed by atoms with van der Waals surface area (Å²) in [4.78, 5) is 9.17. The number of pyridine rings is 1. The van der Waals surface area contributed by atoms with Gasteiger partial charge in [0.15, 0.2) is 5.82 Å². The maximum atomic E-state index is 4.59. The zero-order valence-corrected chi connectivity index (χ0v) is 12.9. The van der Waals surface area contributed by atoms with E-state index in [9.17, 15) is 0 Å². The van der Waals surface area contributed by atoms with Crippen molar-refractivity contribution in [3.8, 4) is 11.4 Å². The van der Waals surface area contributed by atoms with E-state index in [0.717, 1.165) is 33.3 Å². The molecule has 24 heavy (non-hydrogen) atoms. The Morgan fingerprint density at radius 1 is 0.667 bits per heavy atom. The number of rotatable bonds is 2. The van der Waals surface area contributed by atoms with Crippen LogP contribution in [0, 0.1) is 0 Å². The maximum absolute atomic E-state index is 4.59. The number of imidazole rings is 1. The quantitative estimate of drug-likeness (QED) is 0.485. The highest BCUT2D eigenvalue weighted by molar-refractivity contribution is 6.05. The standard InChI is InChI=1S/C20H14N4/c1-2-7-15(8-3-1)20-22-13-14-23(20)24-17-10-5-4-9-16(17)19-18(24)11-6-12-21-19/h1-14H. The first-order valence-electron chi connectivity index (χ1n) is 7.87. The van der Waals surface area contributed by atoms with Gasteiger partial charge in [-0.05, 0) is 18.2 Å². The summed E-state index contributed by atoms with van der Waals surface area (Å²) in [7, 11) is 0. The lowest BCUT2D eigenvalue weighted by molar-refractivity contribution is 0.720. The summed E-state index contributed by atoms with van der Waals surface area (Å²) in [5, 5.41) is 1.14. The molecule has 114 valence electrons. The van der Waals surface area contributed by atoms with Crippen molar-refractivity contribution in [2.24, 2.45) is 0 Å². The van der Waals surface area contributed by atoms with E-state index in [4.69, 9.17) is 0 Å². The summed E-state index contributed by atoms with van der Waals surface area (Å²) in [6.07, 6.45) is 5.66. The Kier molecular flexibility index (Phi) is 2.76. The molecule has 3 aromatic heterocycles. The van der Waals surface area contributed by atoms with Gasteiger partial charge in [-0.25, -0.2) is 14.3 Å². The van der Waals surface area contributed by atoms with Crippen LogP contribution in [0.4, 0.5) is 0 Å². The molecule has 0 fully saturated rings. The molecular formula is C20H14N4. The predicted octanol–water partition coefficient (Wildman–Crippen LogP) is 4.36. The Bertz CT molecular complexity index is 1100. The van der Waals surface area contributed by atoms with E-state index in [1.54, 1.807) is 0 Å². The minimum absolute atomic E-state index is 0.905. The van der Waals surface area contributed by atoms with Crippen LogP contribution in [0.15, 0.2) is 85.3 Å². The van der Waals surface area contributed by atoms with Crippen molar-refractivity contribution in [3.63, 3.8) is 0 Å². The van der Waals surface area contributed by atoms with Crippen molar-refractivity contribution < 1.29 is 0 Å². The van der Waals surface area contributed by atoms with Gasteiger partial charge in [0.2, 0.25) is 0 Å². The molecule has 0 spiro atoms. The van der Waals surface area contributed by atoms with Crippen LogP contribution in [-0.4, -0.2) is 19.3 Å². The average Bonchev–Trinajstić information content (AvgIpc) is 3.24. The second-order valence-corrected chi connectivity index (χ2v) is 5.66. The molecule has 4 nitrogen and oxygen atoms in total. The molecule has 3 heterocycles. The molecule has 5 rings (SSSR count). The van der Waals surface area contributed by atoms with Crippen LogP contribution in [0.25, 0.3) is 33.3 Å². The highest BCUT2D eigenvalue weighted by Crippen LogP contribution is 2.29. The largest absolute Gasteiger partial charge is 0.254 e. The summed E-state index contributed by atoms with van der Waals surface area (Å²) in [6, 6.07) is 22.6. The number of hydrogen-bond acceptors (Lipinski definition) is 2. The number of aromatic nitrogens is 4. The summed E-state index contributed by atoms with van der Waals surface area (Å²) < 4.78 is 4.26. The molecule has 0 aliphatic carbocycles. The minimum Gasteiger partial charge on any atom is -0.254 e. The second-order valence-electron chi connectivity index (χ2n) is 5.66. The first-order chi connectivity index (χ1) is 11.9. The van der Waals surface area contributed by atoms with E-state index < -0.39 is 0 Å². The number of benzene rings is 2. The number of nitrogens with zero attached hydrogens (tertiary/aromatic N) is 4. The first kappa shape index (κ1) is 13.1. The van der Waals surface area contributed by atoms with Crippen LogP contribution in [-0.2, 0) is 0 Å². The maximum Gasteiger partial charge on any atom is 0.159 e. The minimum atomic E-state index is 0.905. The Balaban J connectivity index is 1.89. The third-order valence-electron chi connectivity index (χ3n) is 4.27. The summed E-state index contributed by atoms with van der Waals surface area (Å²) in [6.45, 7) is 0. The van der Waals surface area contributed by atoms with Gasteiger partial charge >= 0.3 is 0 Å². The van der Waals surface area contributed by atoms with Gasteiger partial charge in [0.1, 0.15) is 0 Å². The van der Waals surface area contributed by atoms with E-state index in [0.29, 0.717) is 0 Å². The number of hydrogen-bond donors (Lipinski definition) is 0. The van der Waals surface area contributed by atoms with Crippen molar-refractivity contribution in [1.82, 2.24) is 19.3 Å². The zero-order valence-electron chi connectivity index (χ0n) is 12.9. The van der Waals surface area contributed by atoms with Crippen LogP contribution in [0.2, 0.25) is 0 Å². The van der Waals surface area contributed by atoms with E-state index in [-0.39, 0.29) is 0 Å². The monoisotopic (exact) mass is 310 g/mol. The summed E-state index contributed by atoms with van der Waals surface area (Å²) in [5.74, 6) is 0.905. The van der Waals surface area contributed by atoms with Crippen molar-refractivity contribution in [2.45, 2.75) is 0 Å². The van der Waals surface area contributed by atoms with Crippen molar-refractivity contribution >= 4 is 21.9 Å². The van der Waals surface area contributed by atoms with Gasteiger partial charge in [-0.1, -0.05) is 48.5 Å². The molecule has 0 atom stereocenters. The average molecular weight is 310 g/mol. The van der Waals surface area contributed by atoms with E-state index >= 15 is 0 Å². The molecule has 0 aliphatic rings. The molecule has 0 aliphatic heterocycles. The smallest absolute Gasteiger partial charge is 0.159 e.